The number of hydrogen-bond acceptors (Lipinski definition) is 5. The van der Waals surface area contributed by atoms with Crippen LogP contribution >= 0.6 is 0 Å². The first-order valence-electron chi connectivity index (χ1n) is 8.31. The van der Waals surface area contributed by atoms with E-state index in [1.54, 1.807) is 0 Å². The van der Waals surface area contributed by atoms with Crippen molar-refractivity contribution in [2.75, 3.05) is 51.5 Å². The number of aliphatic imine (C=N–C) groups is 1. The Morgan fingerprint density at radius 3 is 2.75 bits per heavy atom. The molecule has 0 unspecified atom stereocenters. The number of guanidine groups is 1. The van der Waals surface area contributed by atoms with Crippen molar-refractivity contribution in [1.82, 2.24) is 4.90 Å². The Morgan fingerprint density at radius 2 is 2.00 bits per heavy atom. The van der Waals surface area contributed by atoms with Gasteiger partial charge in [-0.05, 0) is 24.1 Å². The zero-order valence-electron chi connectivity index (χ0n) is 14.4. The van der Waals surface area contributed by atoms with Gasteiger partial charge in [0.15, 0.2) is 17.5 Å². The van der Waals surface area contributed by atoms with Crippen molar-refractivity contribution in [2.45, 2.75) is 13.8 Å². The fraction of sp³-hybridized carbons (Fsp3) is 0.588. The van der Waals surface area contributed by atoms with Crippen molar-refractivity contribution in [1.29, 1.82) is 0 Å². The minimum absolute atomic E-state index is 0.0336. The van der Waals surface area contributed by atoms with E-state index in [9.17, 15) is 0 Å². The maximum atomic E-state index is 5.83. The van der Waals surface area contributed by atoms with Gasteiger partial charge in [0.1, 0.15) is 0 Å². The van der Waals surface area contributed by atoms with Crippen LogP contribution in [0.5, 0.6) is 11.5 Å². The summed E-state index contributed by atoms with van der Waals surface area (Å²) in [7, 11) is 0. The van der Waals surface area contributed by atoms with Crippen LogP contribution in [0.25, 0.3) is 0 Å². The number of nitrogens with zero attached hydrogens (tertiary/aromatic N) is 2. The van der Waals surface area contributed by atoms with Gasteiger partial charge in [0, 0.05) is 31.4 Å². The van der Waals surface area contributed by atoms with Gasteiger partial charge in [-0.15, -0.1) is 0 Å². The van der Waals surface area contributed by atoms with Crippen LogP contribution in [0, 0.1) is 5.41 Å². The van der Waals surface area contributed by atoms with E-state index >= 15 is 0 Å². The molecule has 0 aliphatic carbocycles. The van der Waals surface area contributed by atoms with Crippen LogP contribution in [-0.2, 0) is 4.74 Å². The summed E-state index contributed by atoms with van der Waals surface area (Å²) in [6.45, 7) is 8.82. The maximum Gasteiger partial charge on any atom is 0.231 e. The molecule has 0 saturated carbocycles. The Hall–Kier alpha value is -1.99. The van der Waals surface area contributed by atoms with Gasteiger partial charge in [-0.25, -0.2) is 0 Å². The second-order valence-electron chi connectivity index (χ2n) is 6.80. The van der Waals surface area contributed by atoms with E-state index in [0.29, 0.717) is 26.3 Å². The van der Waals surface area contributed by atoms with Gasteiger partial charge in [0.2, 0.25) is 6.79 Å². The van der Waals surface area contributed by atoms with Crippen molar-refractivity contribution in [3.63, 3.8) is 0 Å². The molecule has 1 aromatic rings. The zero-order chi connectivity index (χ0) is 17.0. The highest BCUT2D eigenvalue weighted by Gasteiger charge is 2.20. The van der Waals surface area contributed by atoms with Gasteiger partial charge in [0.05, 0.1) is 13.2 Å². The molecule has 132 valence electrons. The predicted molar refractivity (Wildman–Crippen MR) is 93.7 cm³/mol. The Balaban J connectivity index is 1.77. The molecule has 2 aliphatic heterocycles. The number of nitrogens with two attached hydrogens (primary N) is 1. The van der Waals surface area contributed by atoms with Gasteiger partial charge in [-0.2, -0.15) is 0 Å². The predicted octanol–water partition coefficient (Wildman–Crippen LogP) is 1.50. The van der Waals surface area contributed by atoms with Crippen molar-refractivity contribution >= 4 is 11.6 Å². The molecule has 7 heteroatoms. The summed E-state index contributed by atoms with van der Waals surface area (Å²) in [4.78, 5) is 7.01. The van der Waals surface area contributed by atoms with Crippen LogP contribution < -0.4 is 20.5 Å². The molecule has 2 heterocycles. The van der Waals surface area contributed by atoms with Gasteiger partial charge in [-0.3, -0.25) is 4.99 Å². The molecule has 0 spiro atoms. The van der Waals surface area contributed by atoms with E-state index < -0.39 is 0 Å². The van der Waals surface area contributed by atoms with Crippen molar-refractivity contribution in [3.05, 3.63) is 18.2 Å². The van der Waals surface area contributed by atoms with Crippen LogP contribution in [0.1, 0.15) is 13.8 Å². The molecular formula is C17H26N4O3. The van der Waals surface area contributed by atoms with E-state index in [1.807, 2.05) is 18.2 Å². The first-order chi connectivity index (χ1) is 11.6. The SMILES string of the molecule is CC(C)(CN)CN=C(Nc1ccc2c(c1)OCO2)N1CCOCC1. The zero-order valence-corrected chi connectivity index (χ0v) is 14.4. The molecule has 0 amide bonds. The molecule has 1 fully saturated rings. The number of fused-ring (bicyclic) bond motifs is 1. The molecule has 0 bridgehead atoms. The average molecular weight is 334 g/mol. The van der Waals surface area contributed by atoms with Crippen LogP contribution in [0.4, 0.5) is 5.69 Å². The van der Waals surface area contributed by atoms with Crippen LogP contribution in [0.2, 0.25) is 0 Å². The van der Waals surface area contributed by atoms with Crippen LogP contribution in [-0.4, -0.2) is 57.0 Å². The lowest BCUT2D eigenvalue weighted by Crippen LogP contribution is -2.44. The van der Waals surface area contributed by atoms with Gasteiger partial charge in [0.25, 0.3) is 0 Å². The molecule has 3 N–H and O–H groups in total. The Kier molecular flexibility index (Phi) is 5.11. The highest BCUT2D eigenvalue weighted by atomic mass is 16.7. The molecular weight excluding hydrogens is 308 g/mol. The minimum atomic E-state index is -0.0336. The van der Waals surface area contributed by atoms with Crippen LogP contribution in [0.3, 0.4) is 0 Å². The topological polar surface area (TPSA) is 81.3 Å². The molecule has 24 heavy (non-hydrogen) atoms. The lowest BCUT2D eigenvalue weighted by atomic mass is 9.94. The van der Waals surface area contributed by atoms with Gasteiger partial charge >= 0.3 is 0 Å². The Morgan fingerprint density at radius 1 is 1.25 bits per heavy atom. The number of anilines is 1. The second-order valence-corrected chi connectivity index (χ2v) is 6.80. The fourth-order valence-corrected chi connectivity index (χ4v) is 2.45. The van der Waals surface area contributed by atoms with Crippen molar-refractivity contribution in [3.8, 4) is 11.5 Å². The average Bonchev–Trinajstić information content (AvgIpc) is 3.07. The third-order valence-electron chi connectivity index (χ3n) is 4.15. The number of nitrogens with one attached hydrogen (secondary N) is 1. The Labute approximate surface area is 142 Å². The standard InChI is InChI=1S/C17H26N4O3/c1-17(2,10-18)11-19-16(21-5-7-22-8-6-21)20-13-3-4-14-15(9-13)24-12-23-14/h3-4,9H,5-8,10-12,18H2,1-2H3,(H,19,20). The first-order valence-corrected chi connectivity index (χ1v) is 8.31. The third kappa shape index (κ3) is 4.10. The first kappa shape index (κ1) is 16.9. The molecule has 1 aromatic carbocycles. The summed E-state index contributed by atoms with van der Waals surface area (Å²) in [5, 5.41) is 3.42. The highest BCUT2D eigenvalue weighted by molar-refractivity contribution is 5.94. The lowest BCUT2D eigenvalue weighted by Gasteiger charge is -2.31. The molecule has 0 radical (unpaired) electrons. The number of benzene rings is 1. The van der Waals surface area contributed by atoms with Gasteiger partial charge in [-0.1, -0.05) is 13.8 Å². The molecule has 7 nitrogen and oxygen atoms in total. The summed E-state index contributed by atoms with van der Waals surface area (Å²) >= 11 is 0. The van der Waals surface area contributed by atoms with E-state index in [4.69, 9.17) is 24.9 Å². The molecule has 1 saturated heterocycles. The van der Waals surface area contributed by atoms with E-state index in [-0.39, 0.29) is 12.2 Å². The number of rotatable bonds is 4. The highest BCUT2D eigenvalue weighted by Crippen LogP contribution is 2.34. The smallest absolute Gasteiger partial charge is 0.231 e. The molecule has 3 rings (SSSR count). The van der Waals surface area contributed by atoms with Crippen molar-refractivity contribution < 1.29 is 14.2 Å². The maximum absolute atomic E-state index is 5.83. The second kappa shape index (κ2) is 7.27. The molecule has 2 aliphatic rings. The van der Waals surface area contributed by atoms with E-state index in [1.165, 1.54) is 0 Å². The Bertz CT molecular complexity index is 597. The molecule has 0 atom stereocenters. The minimum Gasteiger partial charge on any atom is -0.454 e. The van der Waals surface area contributed by atoms with Crippen LogP contribution in [0.15, 0.2) is 23.2 Å². The monoisotopic (exact) mass is 334 g/mol. The number of hydrogen-bond donors (Lipinski definition) is 2. The van der Waals surface area contributed by atoms with E-state index in [2.05, 4.69) is 24.1 Å². The quantitative estimate of drug-likeness (QED) is 0.641. The van der Waals surface area contributed by atoms with Crippen molar-refractivity contribution in [2.24, 2.45) is 16.1 Å². The summed E-state index contributed by atoms with van der Waals surface area (Å²) < 4.78 is 16.3. The molecule has 0 aromatic heterocycles. The summed E-state index contributed by atoms with van der Waals surface area (Å²) in [5.74, 6) is 2.37. The third-order valence-corrected chi connectivity index (χ3v) is 4.15. The number of morpholine rings is 1. The summed E-state index contributed by atoms with van der Waals surface area (Å²) in [6, 6.07) is 5.81. The van der Waals surface area contributed by atoms with Gasteiger partial charge < -0.3 is 30.2 Å². The largest absolute Gasteiger partial charge is 0.454 e. The summed E-state index contributed by atoms with van der Waals surface area (Å²) in [6.07, 6.45) is 0. The lowest BCUT2D eigenvalue weighted by molar-refractivity contribution is 0.0678. The summed E-state index contributed by atoms with van der Waals surface area (Å²) in [5.41, 5.74) is 6.72. The van der Waals surface area contributed by atoms with E-state index in [0.717, 1.165) is 36.2 Å². The normalized spacial score (nSPS) is 18.0. The fourth-order valence-electron chi connectivity index (χ4n) is 2.45. The number of ether oxygens (including phenoxy) is 3.